The van der Waals surface area contributed by atoms with Crippen LogP contribution in [0.2, 0.25) is 0 Å². The lowest BCUT2D eigenvalue weighted by atomic mass is 9.88. The molecular weight excluding hydrogens is 402 g/mol. The van der Waals surface area contributed by atoms with E-state index in [9.17, 15) is 0 Å². The fourth-order valence-corrected chi connectivity index (χ4v) is 4.68. The summed E-state index contributed by atoms with van der Waals surface area (Å²) in [5.41, 5.74) is 5.06. The zero-order chi connectivity index (χ0) is 21.9. The highest BCUT2D eigenvalue weighted by Gasteiger charge is 2.29. The maximum atomic E-state index is 6.15. The minimum atomic E-state index is 0.286. The van der Waals surface area contributed by atoms with E-state index >= 15 is 0 Å². The highest BCUT2D eigenvalue weighted by Crippen LogP contribution is 2.42. The van der Waals surface area contributed by atoms with E-state index < -0.39 is 0 Å². The molecule has 2 aliphatic rings. The number of rotatable bonds is 7. The molecule has 32 heavy (non-hydrogen) atoms. The Morgan fingerprint density at radius 3 is 2.53 bits per heavy atom. The van der Waals surface area contributed by atoms with E-state index in [1.165, 1.54) is 16.7 Å². The van der Waals surface area contributed by atoms with Gasteiger partial charge in [-0.05, 0) is 65.9 Å². The van der Waals surface area contributed by atoms with Crippen molar-refractivity contribution in [1.29, 1.82) is 0 Å². The first kappa shape index (κ1) is 20.7. The van der Waals surface area contributed by atoms with Gasteiger partial charge in [0.15, 0.2) is 23.0 Å². The summed E-state index contributed by atoms with van der Waals surface area (Å²) in [6.07, 6.45) is 1.93. The number of hydrogen-bond donors (Lipinski definition) is 0. The SMILES string of the molecule is CCN1CCc2cc3c(cc2C1Cc1ccc(OC)c(OCc2ccccc2)c1)OCO3. The van der Waals surface area contributed by atoms with Crippen LogP contribution in [0.3, 0.4) is 0 Å². The second kappa shape index (κ2) is 9.13. The summed E-state index contributed by atoms with van der Waals surface area (Å²) in [7, 11) is 1.68. The summed E-state index contributed by atoms with van der Waals surface area (Å²) in [6.45, 7) is 5.10. The smallest absolute Gasteiger partial charge is 0.231 e. The van der Waals surface area contributed by atoms with Crippen LogP contribution in [0.5, 0.6) is 23.0 Å². The topological polar surface area (TPSA) is 40.2 Å². The second-order valence-corrected chi connectivity index (χ2v) is 8.26. The molecular formula is C27H29NO4. The van der Waals surface area contributed by atoms with Crippen molar-refractivity contribution in [2.24, 2.45) is 0 Å². The number of ether oxygens (including phenoxy) is 4. The monoisotopic (exact) mass is 431 g/mol. The van der Waals surface area contributed by atoms with Crippen molar-refractivity contribution in [3.05, 3.63) is 82.9 Å². The first-order valence-corrected chi connectivity index (χ1v) is 11.2. The molecule has 0 fully saturated rings. The van der Waals surface area contributed by atoms with Crippen molar-refractivity contribution in [2.75, 3.05) is 27.0 Å². The van der Waals surface area contributed by atoms with Gasteiger partial charge >= 0.3 is 0 Å². The summed E-state index contributed by atoms with van der Waals surface area (Å²) < 4.78 is 23.0. The van der Waals surface area contributed by atoms with Crippen LogP contribution in [0.1, 0.15) is 35.2 Å². The van der Waals surface area contributed by atoms with Crippen LogP contribution in [-0.2, 0) is 19.4 Å². The molecule has 0 saturated carbocycles. The standard InChI is InChI=1S/C27H29NO4/c1-3-28-12-11-21-15-26-27(32-18-31-26)16-22(21)23(28)13-20-9-10-24(29-2)25(14-20)30-17-19-7-5-4-6-8-19/h4-10,14-16,23H,3,11-13,17-18H2,1-2H3. The molecule has 2 aliphatic heterocycles. The molecule has 5 rings (SSSR count). The van der Waals surface area contributed by atoms with Gasteiger partial charge in [0.25, 0.3) is 0 Å². The molecule has 0 spiro atoms. The summed E-state index contributed by atoms with van der Waals surface area (Å²) in [5.74, 6) is 3.25. The van der Waals surface area contributed by atoms with E-state index in [2.05, 4.69) is 48.2 Å². The van der Waals surface area contributed by atoms with Crippen molar-refractivity contribution in [3.63, 3.8) is 0 Å². The van der Waals surface area contributed by atoms with Crippen LogP contribution in [0.4, 0.5) is 0 Å². The van der Waals surface area contributed by atoms with Crippen molar-refractivity contribution < 1.29 is 18.9 Å². The second-order valence-electron chi connectivity index (χ2n) is 8.26. The predicted molar refractivity (Wildman–Crippen MR) is 124 cm³/mol. The van der Waals surface area contributed by atoms with Crippen molar-refractivity contribution in [1.82, 2.24) is 4.90 Å². The third-order valence-corrected chi connectivity index (χ3v) is 6.40. The molecule has 0 amide bonds. The Morgan fingerprint density at radius 1 is 0.938 bits per heavy atom. The van der Waals surface area contributed by atoms with Crippen LogP contribution >= 0.6 is 0 Å². The van der Waals surface area contributed by atoms with E-state index in [1.807, 2.05) is 24.3 Å². The average Bonchev–Trinajstić information content (AvgIpc) is 3.30. The van der Waals surface area contributed by atoms with Crippen LogP contribution in [0.15, 0.2) is 60.7 Å². The molecule has 0 radical (unpaired) electrons. The van der Waals surface area contributed by atoms with E-state index in [4.69, 9.17) is 18.9 Å². The third kappa shape index (κ3) is 4.13. The molecule has 0 bridgehead atoms. The number of hydrogen-bond acceptors (Lipinski definition) is 5. The van der Waals surface area contributed by atoms with E-state index in [0.29, 0.717) is 13.4 Å². The van der Waals surface area contributed by atoms with Crippen molar-refractivity contribution >= 4 is 0 Å². The molecule has 0 saturated heterocycles. The van der Waals surface area contributed by atoms with Crippen LogP contribution < -0.4 is 18.9 Å². The quantitative estimate of drug-likeness (QED) is 0.517. The fourth-order valence-electron chi connectivity index (χ4n) is 4.68. The predicted octanol–water partition coefficient (Wildman–Crippen LogP) is 5.16. The molecule has 1 unspecified atom stereocenters. The molecule has 1 atom stereocenters. The molecule has 5 nitrogen and oxygen atoms in total. The van der Waals surface area contributed by atoms with Crippen molar-refractivity contribution in [3.8, 4) is 23.0 Å². The number of fused-ring (bicyclic) bond motifs is 2. The zero-order valence-electron chi connectivity index (χ0n) is 18.7. The third-order valence-electron chi connectivity index (χ3n) is 6.40. The molecule has 0 aliphatic carbocycles. The highest BCUT2D eigenvalue weighted by atomic mass is 16.7. The maximum Gasteiger partial charge on any atom is 0.231 e. The van der Waals surface area contributed by atoms with Gasteiger partial charge < -0.3 is 18.9 Å². The Kier molecular flexibility index (Phi) is 5.91. The number of nitrogens with zero attached hydrogens (tertiary/aromatic N) is 1. The van der Waals surface area contributed by atoms with E-state index in [-0.39, 0.29) is 6.04 Å². The van der Waals surface area contributed by atoms with Gasteiger partial charge in [-0.25, -0.2) is 0 Å². The van der Waals surface area contributed by atoms with E-state index in [0.717, 1.165) is 54.5 Å². The molecule has 5 heteroatoms. The van der Waals surface area contributed by atoms with Gasteiger partial charge in [0.2, 0.25) is 6.79 Å². The minimum absolute atomic E-state index is 0.286. The largest absolute Gasteiger partial charge is 0.493 e. The number of benzene rings is 3. The Hall–Kier alpha value is -3.18. The van der Waals surface area contributed by atoms with Gasteiger partial charge in [-0.1, -0.05) is 43.3 Å². The number of likely N-dealkylation sites (N-methyl/N-ethyl adjacent to an activating group) is 1. The number of methoxy groups -OCH3 is 1. The summed E-state index contributed by atoms with van der Waals surface area (Å²) in [6, 6.07) is 21.1. The van der Waals surface area contributed by atoms with Crippen LogP contribution in [-0.4, -0.2) is 31.9 Å². The summed E-state index contributed by atoms with van der Waals surface area (Å²) in [5, 5.41) is 0. The van der Waals surface area contributed by atoms with Gasteiger partial charge in [0, 0.05) is 12.6 Å². The van der Waals surface area contributed by atoms with Gasteiger partial charge in [0.1, 0.15) is 6.61 Å². The molecule has 166 valence electrons. The maximum absolute atomic E-state index is 6.15. The average molecular weight is 432 g/mol. The molecule has 2 heterocycles. The van der Waals surface area contributed by atoms with Gasteiger partial charge in [-0.2, -0.15) is 0 Å². The first-order valence-electron chi connectivity index (χ1n) is 11.2. The Morgan fingerprint density at radius 2 is 1.75 bits per heavy atom. The van der Waals surface area contributed by atoms with Gasteiger partial charge in [0.05, 0.1) is 7.11 Å². The molecule has 0 N–H and O–H groups in total. The van der Waals surface area contributed by atoms with Crippen LogP contribution in [0.25, 0.3) is 0 Å². The Labute approximate surface area is 189 Å². The Bertz CT molecular complexity index is 1080. The summed E-state index contributed by atoms with van der Waals surface area (Å²) in [4.78, 5) is 2.54. The summed E-state index contributed by atoms with van der Waals surface area (Å²) >= 11 is 0. The van der Waals surface area contributed by atoms with Gasteiger partial charge in [-0.15, -0.1) is 0 Å². The molecule has 0 aromatic heterocycles. The lowest BCUT2D eigenvalue weighted by Crippen LogP contribution is -2.36. The van der Waals surface area contributed by atoms with Gasteiger partial charge in [-0.3, -0.25) is 4.90 Å². The highest BCUT2D eigenvalue weighted by molar-refractivity contribution is 5.51. The first-order chi connectivity index (χ1) is 15.7. The molecule has 3 aromatic rings. The Balaban J connectivity index is 1.41. The zero-order valence-corrected chi connectivity index (χ0v) is 18.7. The fraction of sp³-hybridized carbons (Fsp3) is 0.333. The van der Waals surface area contributed by atoms with Crippen LogP contribution in [0, 0.1) is 0 Å². The minimum Gasteiger partial charge on any atom is -0.493 e. The molecule has 3 aromatic carbocycles. The van der Waals surface area contributed by atoms with Crippen molar-refractivity contribution in [2.45, 2.75) is 32.4 Å². The normalized spacial score (nSPS) is 17.1. The lowest BCUT2D eigenvalue weighted by molar-refractivity contribution is 0.173. The van der Waals surface area contributed by atoms with E-state index in [1.54, 1.807) is 7.11 Å². The lowest BCUT2D eigenvalue weighted by Gasteiger charge is -2.37.